The lowest BCUT2D eigenvalue weighted by molar-refractivity contribution is 1.52. The van der Waals surface area contributed by atoms with Crippen molar-refractivity contribution in [2.75, 3.05) is 12.0 Å². The van der Waals surface area contributed by atoms with Crippen LogP contribution >= 0.6 is 23.1 Å². The Labute approximate surface area is 85.9 Å². The van der Waals surface area contributed by atoms with E-state index in [1.165, 1.54) is 15.6 Å². The Morgan fingerprint density at radius 1 is 1.46 bits per heavy atom. The van der Waals surface area contributed by atoms with Crippen LogP contribution < -0.4 is 5.73 Å². The standard InChI is InChI=1S/C10H11NS2/c1-12-5-7-6-13-10-4-8(11)2-3-9(7)10/h2-4,6H,5,11H2,1H3. The van der Waals surface area contributed by atoms with Crippen molar-refractivity contribution in [2.45, 2.75) is 5.75 Å². The number of hydrogen-bond donors (Lipinski definition) is 1. The predicted octanol–water partition coefficient (Wildman–Crippen LogP) is 3.35. The van der Waals surface area contributed by atoms with E-state index in [4.69, 9.17) is 5.73 Å². The Bertz CT molecular complexity index is 420. The third kappa shape index (κ3) is 1.67. The Kier molecular flexibility index (Phi) is 2.47. The monoisotopic (exact) mass is 209 g/mol. The van der Waals surface area contributed by atoms with Crippen molar-refractivity contribution >= 4 is 38.9 Å². The van der Waals surface area contributed by atoms with Crippen LogP contribution in [0.25, 0.3) is 10.1 Å². The number of nitrogens with two attached hydrogens (primary N) is 1. The summed E-state index contributed by atoms with van der Waals surface area (Å²) < 4.78 is 1.30. The highest BCUT2D eigenvalue weighted by Gasteiger charge is 2.02. The fourth-order valence-corrected chi connectivity index (χ4v) is 3.03. The third-order valence-electron chi connectivity index (χ3n) is 1.98. The van der Waals surface area contributed by atoms with Gasteiger partial charge in [0, 0.05) is 16.1 Å². The quantitative estimate of drug-likeness (QED) is 0.768. The van der Waals surface area contributed by atoms with Crippen LogP contribution in [0.1, 0.15) is 5.56 Å². The van der Waals surface area contributed by atoms with Crippen LogP contribution in [0.5, 0.6) is 0 Å². The summed E-state index contributed by atoms with van der Waals surface area (Å²) in [5, 5.41) is 3.58. The van der Waals surface area contributed by atoms with Crippen LogP contribution in [0.2, 0.25) is 0 Å². The van der Waals surface area contributed by atoms with Gasteiger partial charge in [-0.05, 0) is 34.7 Å². The van der Waals surface area contributed by atoms with E-state index in [2.05, 4.69) is 17.7 Å². The van der Waals surface area contributed by atoms with Gasteiger partial charge in [0.2, 0.25) is 0 Å². The van der Waals surface area contributed by atoms with Gasteiger partial charge in [0.15, 0.2) is 0 Å². The van der Waals surface area contributed by atoms with Gasteiger partial charge in [0.1, 0.15) is 0 Å². The number of thiophene rings is 1. The first-order valence-corrected chi connectivity index (χ1v) is 6.33. The lowest BCUT2D eigenvalue weighted by Gasteiger charge is -1.96. The molecule has 0 spiro atoms. The lowest BCUT2D eigenvalue weighted by Crippen LogP contribution is -1.82. The van der Waals surface area contributed by atoms with E-state index in [1.54, 1.807) is 11.3 Å². The highest BCUT2D eigenvalue weighted by molar-refractivity contribution is 7.97. The SMILES string of the molecule is CSCc1csc2cc(N)ccc12. The van der Waals surface area contributed by atoms with Gasteiger partial charge in [-0.15, -0.1) is 11.3 Å². The Morgan fingerprint density at radius 3 is 3.08 bits per heavy atom. The minimum absolute atomic E-state index is 0.852. The number of fused-ring (bicyclic) bond motifs is 1. The lowest BCUT2D eigenvalue weighted by atomic mass is 10.2. The zero-order valence-electron chi connectivity index (χ0n) is 7.41. The maximum Gasteiger partial charge on any atom is 0.0366 e. The van der Waals surface area contributed by atoms with Gasteiger partial charge < -0.3 is 5.73 Å². The van der Waals surface area contributed by atoms with Gasteiger partial charge in [-0.1, -0.05) is 6.07 Å². The number of hydrogen-bond acceptors (Lipinski definition) is 3. The summed E-state index contributed by atoms with van der Waals surface area (Å²) in [6, 6.07) is 6.13. The van der Waals surface area contributed by atoms with Crippen molar-refractivity contribution in [1.82, 2.24) is 0 Å². The summed E-state index contributed by atoms with van der Waals surface area (Å²) in [6.07, 6.45) is 2.13. The van der Waals surface area contributed by atoms with Crippen molar-refractivity contribution in [3.63, 3.8) is 0 Å². The maximum absolute atomic E-state index is 5.71. The van der Waals surface area contributed by atoms with Gasteiger partial charge in [0.05, 0.1) is 0 Å². The van der Waals surface area contributed by atoms with Gasteiger partial charge in [-0.25, -0.2) is 0 Å². The van der Waals surface area contributed by atoms with Crippen molar-refractivity contribution in [3.05, 3.63) is 29.1 Å². The summed E-state index contributed by atoms with van der Waals surface area (Å²) in [6.45, 7) is 0. The van der Waals surface area contributed by atoms with E-state index in [0.29, 0.717) is 0 Å². The molecule has 0 bridgehead atoms. The largest absolute Gasteiger partial charge is 0.399 e. The molecule has 1 heterocycles. The van der Waals surface area contributed by atoms with Crippen molar-refractivity contribution < 1.29 is 0 Å². The topological polar surface area (TPSA) is 26.0 Å². The van der Waals surface area contributed by atoms with Crippen molar-refractivity contribution in [2.24, 2.45) is 0 Å². The molecular weight excluding hydrogens is 198 g/mol. The second kappa shape index (κ2) is 3.60. The summed E-state index contributed by atoms with van der Waals surface area (Å²) in [7, 11) is 0. The Morgan fingerprint density at radius 2 is 2.31 bits per heavy atom. The molecule has 0 radical (unpaired) electrons. The Hall–Kier alpha value is -0.670. The summed E-state index contributed by atoms with van der Waals surface area (Å²) in [4.78, 5) is 0. The molecule has 0 saturated heterocycles. The first-order valence-electron chi connectivity index (χ1n) is 4.06. The van der Waals surface area contributed by atoms with E-state index >= 15 is 0 Å². The van der Waals surface area contributed by atoms with Crippen LogP contribution in [-0.2, 0) is 5.75 Å². The molecule has 13 heavy (non-hydrogen) atoms. The summed E-state index contributed by atoms with van der Waals surface area (Å²) in [5.74, 6) is 1.09. The number of benzene rings is 1. The normalized spacial score (nSPS) is 10.8. The van der Waals surface area contributed by atoms with Crippen LogP contribution in [0.4, 0.5) is 5.69 Å². The van der Waals surface area contributed by atoms with Crippen molar-refractivity contribution in [1.29, 1.82) is 0 Å². The average molecular weight is 209 g/mol. The molecule has 0 unspecified atom stereocenters. The van der Waals surface area contributed by atoms with E-state index in [-0.39, 0.29) is 0 Å². The molecule has 2 rings (SSSR count). The molecule has 0 aliphatic carbocycles. The highest BCUT2D eigenvalue weighted by atomic mass is 32.2. The second-order valence-electron chi connectivity index (χ2n) is 2.95. The molecule has 2 N–H and O–H groups in total. The molecule has 0 atom stereocenters. The van der Waals surface area contributed by atoms with Gasteiger partial charge in [0.25, 0.3) is 0 Å². The second-order valence-corrected chi connectivity index (χ2v) is 4.73. The van der Waals surface area contributed by atoms with Crippen LogP contribution in [0.15, 0.2) is 23.6 Å². The van der Waals surface area contributed by atoms with Crippen LogP contribution in [-0.4, -0.2) is 6.26 Å². The zero-order valence-corrected chi connectivity index (χ0v) is 9.04. The average Bonchev–Trinajstić information content (AvgIpc) is 2.49. The number of anilines is 1. The summed E-state index contributed by atoms with van der Waals surface area (Å²) >= 11 is 3.63. The first kappa shape index (κ1) is 8.91. The minimum Gasteiger partial charge on any atom is -0.399 e. The molecule has 0 fully saturated rings. The van der Waals surface area contributed by atoms with Gasteiger partial charge >= 0.3 is 0 Å². The molecule has 0 aliphatic heterocycles. The van der Waals surface area contributed by atoms with Crippen LogP contribution in [0.3, 0.4) is 0 Å². The molecule has 1 nitrogen and oxygen atoms in total. The van der Waals surface area contributed by atoms with Gasteiger partial charge in [-0.3, -0.25) is 0 Å². The smallest absolute Gasteiger partial charge is 0.0366 e. The molecule has 2 aromatic rings. The zero-order chi connectivity index (χ0) is 9.26. The highest BCUT2D eigenvalue weighted by Crippen LogP contribution is 2.29. The fraction of sp³-hybridized carbons (Fsp3) is 0.200. The minimum atomic E-state index is 0.852. The molecule has 0 amide bonds. The van der Waals surface area contributed by atoms with E-state index < -0.39 is 0 Å². The maximum atomic E-state index is 5.71. The molecule has 1 aromatic heterocycles. The summed E-state index contributed by atoms with van der Waals surface area (Å²) in [5.41, 5.74) is 7.98. The first-order chi connectivity index (χ1) is 6.31. The van der Waals surface area contributed by atoms with Crippen LogP contribution in [0, 0.1) is 0 Å². The molecule has 68 valence electrons. The molecule has 1 aromatic carbocycles. The van der Waals surface area contributed by atoms with E-state index in [9.17, 15) is 0 Å². The number of thioether (sulfide) groups is 1. The molecule has 3 heteroatoms. The molecule has 0 saturated carbocycles. The molecular formula is C10H11NS2. The predicted molar refractivity (Wildman–Crippen MR) is 63.5 cm³/mol. The van der Waals surface area contributed by atoms with E-state index in [1.807, 2.05) is 23.9 Å². The Balaban J connectivity index is 2.55. The number of rotatable bonds is 2. The van der Waals surface area contributed by atoms with Crippen molar-refractivity contribution in [3.8, 4) is 0 Å². The molecule has 0 aliphatic rings. The number of nitrogen functional groups attached to an aromatic ring is 1. The third-order valence-corrected chi connectivity index (χ3v) is 3.57. The fourth-order valence-electron chi connectivity index (χ4n) is 1.37. The van der Waals surface area contributed by atoms with E-state index in [0.717, 1.165) is 11.4 Å². The van der Waals surface area contributed by atoms with Gasteiger partial charge in [-0.2, -0.15) is 11.8 Å².